The molecule has 3 N–H and O–H groups in total. The van der Waals surface area contributed by atoms with E-state index in [1.54, 1.807) is 0 Å². The van der Waals surface area contributed by atoms with E-state index >= 15 is 0 Å². The number of hydrogen-bond donors (Lipinski definition) is 3. The van der Waals surface area contributed by atoms with Crippen LogP contribution in [0.2, 0.25) is 5.02 Å². The van der Waals surface area contributed by atoms with Gasteiger partial charge in [-0.1, -0.05) is 11.6 Å². The van der Waals surface area contributed by atoms with Gasteiger partial charge in [0.2, 0.25) is 0 Å². The number of amides is 2. The number of anilines is 1. The molecule has 0 aromatic heterocycles. The highest BCUT2D eigenvalue weighted by Gasteiger charge is 2.12. The zero-order valence-electron chi connectivity index (χ0n) is 10.1. The Labute approximate surface area is 117 Å². The third-order valence-corrected chi connectivity index (χ3v) is 2.30. The zero-order chi connectivity index (χ0) is 15.1. The van der Waals surface area contributed by atoms with Crippen molar-refractivity contribution in [3.05, 3.63) is 28.8 Å². The van der Waals surface area contributed by atoms with Crippen molar-refractivity contribution in [1.29, 1.82) is 0 Å². The summed E-state index contributed by atoms with van der Waals surface area (Å²) in [4.78, 5) is 21.5. The number of carbonyl (C=O) groups is 2. The Morgan fingerprint density at radius 3 is 2.65 bits per heavy atom. The maximum Gasteiger partial charge on any atom is 0.329 e. The first-order valence-corrected chi connectivity index (χ1v) is 5.77. The number of nitrogens with one attached hydrogen (secondary N) is 2. The highest BCUT2D eigenvalue weighted by Crippen LogP contribution is 2.26. The average molecular weight is 309 g/mol. The summed E-state index contributed by atoms with van der Waals surface area (Å²) in [6.45, 7) is -0.499. The third-order valence-electron chi connectivity index (χ3n) is 2.00. The molecule has 0 atom stereocenters. The molecule has 0 aliphatic heterocycles. The number of aliphatic carboxylic acids is 1. The first kappa shape index (κ1) is 16.1. The molecule has 1 rings (SSSR count). The first-order chi connectivity index (χ1) is 9.40. The molecule has 110 valence electrons. The van der Waals surface area contributed by atoms with E-state index < -0.39 is 30.2 Å². The van der Waals surface area contributed by atoms with Crippen molar-refractivity contribution in [2.24, 2.45) is 0 Å². The van der Waals surface area contributed by atoms with Gasteiger partial charge in [-0.2, -0.15) is 0 Å². The standard InChI is InChI=1S/C11H11ClF2N2O4/c12-7-3-6(13)4-8(14)10(7)16-11(19)15-1-2-20-5-9(17)18/h3-4H,1-2,5H2,(H,17,18)(H2,15,16,19). The fraction of sp³-hybridized carbons (Fsp3) is 0.273. The second-order valence-electron chi connectivity index (χ2n) is 3.57. The fourth-order valence-corrected chi connectivity index (χ4v) is 1.46. The van der Waals surface area contributed by atoms with Gasteiger partial charge in [-0.25, -0.2) is 18.4 Å². The van der Waals surface area contributed by atoms with E-state index in [-0.39, 0.29) is 23.9 Å². The van der Waals surface area contributed by atoms with Crippen LogP contribution in [0, 0.1) is 11.6 Å². The number of rotatable bonds is 6. The van der Waals surface area contributed by atoms with Gasteiger partial charge in [0.05, 0.1) is 17.3 Å². The number of urea groups is 1. The van der Waals surface area contributed by atoms with Gasteiger partial charge in [-0.15, -0.1) is 0 Å². The van der Waals surface area contributed by atoms with Crippen molar-refractivity contribution in [2.45, 2.75) is 0 Å². The van der Waals surface area contributed by atoms with Crippen molar-refractivity contribution < 1.29 is 28.2 Å². The molecule has 0 unspecified atom stereocenters. The zero-order valence-corrected chi connectivity index (χ0v) is 10.8. The molecule has 0 spiro atoms. The molecule has 0 saturated carbocycles. The lowest BCUT2D eigenvalue weighted by molar-refractivity contribution is -0.142. The van der Waals surface area contributed by atoms with E-state index in [0.717, 1.165) is 6.07 Å². The molecule has 6 nitrogen and oxygen atoms in total. The van der Waals surface area contributed by atoms with Crippen LogP contribution in [0.4, 0.5) is 19.3 Å². The fourth-order valence-electron chi connectivity index (χ4n) is 1.22. The highest BCUT2D eigenvalue weighted by molar-refractivity contribution is 6.33. The van der Waals surface area contributed by atoms with E-state index in [1.807, 2.05) is 0 Å². The van der Waals surface area contributed by atoms with E-state index in [2.05, 4.69) is 15.4 Å². The van der Waals surface area contributed by atoms with Gasteiger partial charge in [0.25, 0.3) is 0 Å². The van der Waals surface area contributed by atoms with Crippen LogP contribution in [-0.4, -0.2) is 36.9 Å². The van der Waals surface area contributed by atoms with E-state index in [4.69, 9.17) is 16.7 Å². The normalized spacial score (nSPS) is 10.2. The van der Waals surface area contributed by atoms with Gasteiger partial charge in [0.1, 0.15) is 12.4 Å². The van der Waals surface area contributed by atoms with Crippen LogP contribution in [0.1, 0.15) is 0 Å². The molecule has 0 radical (unpaired) electrons. The summed E-state index contributed by atoms with van der Waals surface area (Å²) in [5.41, 5.74) is -0.350. The summed E-state index contributed by atoms with van der Waals surface area (Å²) in [7, 11) is 0. The Morgan fingerprint density at radius 1 is 1.35 bits per heavy atom. The second-order valence-corrected chi connectivity index (χ2v) is 3.98. The first-order valence-electron chi connectivity index (χ1n) is 5.39. The van der Waals surface area contributed by atoms with E-state index in [0.29, 0.717) is 6.07 Å². The van der Waals surface area contributed by atoms with Gasteiger partial charge in [0, 0.05) is 12.6 Å². The molecule has 0 aliphatic carbocycles. The molecule has 1 aromatic carbocycles. The van der Waals surface area contributed by atoms with Gasteiger partial charge in [-0.05, 0) is 6.07 Å². The number of hydrogen-bond acceptors (Lipinski definition) is 3. The lowest BCUT2D eigenvalue weighted by Gasteiger charge is -2.10. The number of carboxylic acid groups (broad SMARTS) is 1. The lowest BCUT2D eigenvalue weighted by atomic mass is 10.3. The molecule has 0 heterocycles. The largest absolute Gasteiger partial charge is 0.480 e. The highest BCUT2D eigenvalue weighted by atomic mass is 35.5. The second kappa shape index (κ2) is 7.61. The molecule has 0 aliphatic rings. The molecule has 0 bridgehead atoms. The Balaban J connectivity index is 2.41. The van der Waals surface area contributed by atoms with Crippen molar-refractivity contribution in [1.82, 2.24) is 5.32 Å². The van der Waals surface area contributed by atoms with Crippen molar-refractivity contribution in [3.8, 4) is 0 Å². The predicted octanol–water partition coefficient (Wildman–Crippen LogP) is 1.84. The number of carboxylic acids is 1. The summed E-state index contributed by atoms with van der Waals surface area (Å²) >= 11 is 5.59. The minimum atomic E-state index is -1.13. The summed E-state index contributed by atoms with van der Waals surface area (Å²) in [6.07, 6.45) is 0. The quantitative estimate of drug-likeness (QED) is 0.700. The Morgan fingerprint density at radius 2 is 2.05 bits per heavy atom. The Bertz CT molecular complexity index is 490. The summed E-state index contributed by atoms with van der Waals surface area (Å²) < 4.78 is 30.8. The number of benzene rings is 1. The SMILES string of the molecule is O=C(O)COCCNC(=O)Nc1c(F)cc(F)cc1Cl. The minimum Gasteiger partial charge on any atom is -0.480 e. The molecule has 9 heteroatoms. The van der Waals surface area contributed by atoms with Crippen molar-refractivity contribution in [3.63, 3.8) is 0 Å². The van der Waals surface area contributed by atoms with Crippen LogP contribution in [0.15, 0.2) is 12.1 Å². The van der Waals surface area contributed by atoms with Crippen LogP contribution in [0.5, 0.6) is 0 Å². The Hall–Kier alpha value is -1.93. The van der Waals surface area contributed by atoms with Gasteiger partial charge >= 0.3 is 12.0 Å². The summed E-state index contributed by atoms with van der Waals surface area (Å²) in [5, 5.41) is 12.4. The number of halogens is 3. The molecular formula is C11H11ClF2N2O4. The minimum absolute atomic E-state index is 0.0134. The number of carbonyl (C=O) groups excluding carboxylic acids is 1. The van der Waals surface area contributed by atoms with E-state index in [1.165, 1.54) is 0 Å². The maximum absolute atomic E-state index is 13.3. The van der Waals surface area contributed by atoms with Crippen molar-refractivity contribution in [2.75, 3.05) is 25.1 Å². The van der Waals surface area contributed by atoms with Crippen LogP contribution < -0.4 is 10.6 Å². The average Bonchev–Trinajstić information content (AvgIpc) is 2.33. The van der Waals surface area contributed by atoms with Crippen LogP contribution >= 0.6 is 11.6 Å². The maximum atomic E-state index is 13.3. The smallest absolute Gasteiger partial charge is 0.329 e. The van der Waals surface area contributed by atoms with Gasteiger partial charge in [-0.3, -0.25) is 0 Å². The predicted molar refractivity (Wildman–Crippen MR) is 66.8 cm³/mol. The van der Waals surface area contributed by atoms with Crippen molar-refractivity contribution >= 4 is 29.3 Å². The Kier molecular flexibility index (Phi) is 6.13. The molecule has 0 saturated heterocycles. The van der Waals surface area contributed by atoms with Crippen LogP contribution in [0.3, 0.4) is 0 Å². The van der Waals surface area contributed by atoms with Crippen LogP contribution in [0.25, 0.3) is 0 Å². The monoisotopic (exact) mass is 308 g/mol. The third kappa shape index (κ3) is 5.37. The summed E-state index contributed by atoms with van der Waals surface area (Å²) in [6, 6.07) is 0.657. The summed E-state index contributed by atoms with van der Waals surface area (Å²) in [5.74, 6) is -3.00. The molecule has 0 fully saturated rings. The number of ether oxygens (including phenoxy) is 1. The molecule has 20 heavy (non-hydrogen) atoms. The molecule has 2 amide bonds. The van der Waals surface area contributed by atoms with Gasteiger partial charge in [0.15, 0.2) is 5.82 Å². The van der Waals surface area contributed by atoms with Gasteiger partial charge < -0.3 is 20.5 Å². The topological polar surface area (TPSA) is 87.7 Å². The molecular weight excluding hydrogens is 298 g/mol. The lowest BCUT2D eigenvalue weighted by Crippen LogP contribution is -2.32. The molecule has 1 aromatic rings. The van der Waals surface area contributed by atoms with E-state index in [9.17, 15) is 18.4 Å². The van der Waals surface area contributed by atoms with Crippen LogP contribution in [-0.2, 0) is 9.53 Å².